The molecular formula is C15H12BrNO4. The minimum atomic E-state index is -0.218. The Morgan fingerprint density at radius 3 is 2.71 bits per heavy atom. The van der Waals surface area contributed by atoms with E-state index in [1.807, 2.05) is 0 Å². The molecule has 108 valence electrons. The molecule has 6 heteroatoms. The Bertz CT molecular complexity index is 754. The molecule has 0 unspecified atom stereocenters. The molecular weight excluding hydrogens is 338 g/mol. The number of fused-ring (bicyclic) bond motifs is 1. The van der Waals surface area contributed by atoms with Crippen LogP contribution in [-0.2, 0) is 6.54 Å². The van der Waals surface area contributed by atoms with Crippen LogP contribution in [0.3, 0.4) is 0 Å². The van der Waals surface area contributed by atoms with Gasteiger partial charge in [-0.3, -0.25) is 9.59 Å². The number of rotatable bonds is 3. The Balaban J connectivity index is 1.85. The highest BCUT2D eigenvalue weighted by Gasteiger charge is 2.15. The number of ether oxygens (including phenoxy) is 2. The average Bonchev–Trinajstić information content (AvgIpc) is 2.50. The van der Waals surface area contributed by atoms with Crippen molar-refractivity contribution in [3.8, 4) is 11.5 Å². The van der Waals surface area contributed by atoms with Crippen molar-refractivity contribution in [3.05, 3.63) is 56.9 Å². The second-order valence-corrected chi connectivity index (χ2v) is 5.51. The van der Waals surface area contributed by atoms with E-state index >= 15 is 0 Å². The van der Waals surface area contributed by atoms with Crippen molar-refractivity contribution in [1.29, 1.82) is 0 Å². The summed E-state index contributed by atoms with van der Waals surface area (Å²) in [7, 11) is 0. The lowest BCUT2D eigenvalue weighted by molar-refractivity contribution is 0.0969. The van der Waals surface area contributed by atoms with Gasteiger partial charge in [-0.15, -0.1) is 0 Å². The van der Waals surface area contributed by atoms with Gasteiger partial charge in [0.15, 0.2) is 17.3 Å². The Hall–Kier alpha value is -2.08. The number of carbonyl (C=O) groups excluding carboxylic acids is 1. The summed E-state index contributed by atoms with van der Waals surface area (Å²) in [5.74, 6) is 1.04. The molecule has 0 fully saturated rings. The minimum Gasteiger partial charge on any atom is -0.486 e. The highest BCUT2D eigenvalue weighted by molar-refractivity contribution is 9.10. The van der Waals surface area contributed by atoms with Gasteiger partial charge in [-0.25, -0.2) is 0 Å². The number of Topliss-reactive ketones (excluding diaryl/α,β-unsaturated/α-hetero) is 1. The van der Waals surface area contributed by atoms with E-state index in [-0.39, 0.29) is 17.9 Å². The molecule has 5 nitrogen and oxygen atoms in total. The first-order chi connectivity index (χ1) is 10.1. The molecule has 2 heterocycles. The maximum absolute atomic E-state index is 12.3. The Labute approximate surface area is 129 Å². The number of ketones is 1. The fourth-order valence-electron chi connectivity index (χ4n) is 2.09. The highest BCUT2D eigenvalue weighted by Crippen LogP contribution is 2.30. The summed E-state index contributed by atoms with van der Waals surface area (Å²) in [6.45, 7) is 0.960. The van der Waals surface area contributed by atoms with Gasteiger partial charge in [0.05, 0.1) is 6.54 Å². The first kappa shape index (κ1) is 13.9. The van der Waals surface area contributed by atoms with Crippen LogP contribution in [-0.4, -0.2) is 23.6 Å². The quantitative estimate of drug-likeness (QED) is 0.797. The molecule has 0 aliphatic carbocycles. The molecule has 0 saturated heterocycles. The summed E-state index contributed by atoms with van der Waals surface area (Å²) < 4.78 is 13.0. The van der Waals surface area contributed by atoms with Crippen LogP contribution in [0.25, 0.3) is 0 Å². The van der Waals surface area contributed by atoms with Crippen LogP contribution in [0.5, 0.6) is 11.5 Å². The Kier molecular flexibility index (Phi) is 3.79. The van der Waals surface area contributed by atoms with E-state index in [9.17, 15) is 9.59 Å². The molecule has 1 aromatic carbocycles. The number of nitrogens with zero attached hydrogens (tertiary/aromatic N) is 1. The van der Waals surface area contributed by atoms with Crippen molar-refractivity contribution in [3.63, 3.8) is 0 Å². The smallest absolute Gasteiger partial charge is 0.251 e. The standard InChI is InChI=1S/C15H12BrNO4/c16-11-2-4-15(19)17(8-11)9-12(18)10-1-3-13-14(7-10)21-6-5-20-13/h1-4,7-8H,5-6,9H2. The van der Waals surface area contributed by atoms with E-state index in [0.29, 0.717) is 30.3 Å². The van der Waals surface area contributed by atoms with E-state index in [0.717, 1.165) is 4.47 Å². The largest absolute Gasteiger partial charge is 0.486 e. The van der Waals surface area contributed by atoms with Crippen molar-refractivity contribution in [2.24, 2.45) is 0 Å². The van der Waals surface area contributed by atoms with E-state index in [2.05, 4.69) is 15.9 Å². The summed E-state index contributed by atoms with van der Waals surface area (Å²) >= 11 is 3.28. The van der Waals surface area contributed by atoms with Crippen LogP contribution >= 0.6 is 15.9 Å². The number of hydrogen-bond donors (Lipinski definition) is 0. The van der Waals surface area contributed by atoms with E-state index in [1.165, 1.54) is 10.6 Å². The van der Waals surface area contributed by atoms with Crippen LogP contribution < -0.4 is 15.0 Å². The normalized spacial score (nSPS) is 13.0. The summed E-state index contributed by atoms with van der Waals surface area (Å²) in [5.41, 5.74) is 0.273. The minimum absolute atomic E-state index is 0.0160. The molecule has 1 aliphatic heterocycles. The number of carbonyl (C=O) groups is 1. The van der Waals surface area contributed by atoms with Gasteiger partial charge in [0.2, 0.25) is 0 Å². The Morgan fingerprint density at radius 1 is 1.14 bits per heavy atom. The van der Waals surface area contributed by atoms with Crippen LogP contribution in [0.4, 0.5) is 0 Å². The van der Waals surface area contributed by atoms with Crippen LogP contribution in [0.15, 0.2) is 45.8 Å². The van der Waals surface area contributed by atoms with Crippen molar-refractivity contribution in [1.82, 2.24) is 4.57 Å². The highest BCUT2D eigenvalue weighted by atomic mass is 79.9. The third-order valence-electron chi connectivity index (χ3n) is 3.13. The summed E-state index contributed by atoms with van der Waals surface area (Å²) in [6, 6.07) is 8.11. The molecule has 0 atom stereocenters. The lowest BCUT2D eigenvalue weighted by Crippen LogP contribution is -2.23. The van der Waals surface area contributed by atoms with Crippen LogP contribution in [0, 0.1) is 0 Å². The van der Waals surface area contributed by atoms with Crippen molar-refractivity contribution < 1.29 is 14.3 Å². The predicted molar refractivity (Wildman–Crippen MR) is 80.2 cm³/mol. The third kappa shape index (κ3) is 3.00. The van der Waals surface area contributed by atoms with Crippen LogP contribution in [0.1, 0.15) is 10.4 Å². The van der Waals surface area contributed by atoms with Crippen molar-refractivity contribution in [2.75, 3.05) is 13.2 Å². The number of benzene rings is 1. The average molecular weight is 350 g/mol. The fraction of sp³-hybridized carbons (Fsp3) is 0.200. The lowest BCUT2D eigenvalue weighted by atomic mass is 10.1. The van der Waals surface area contributed by atoms with E-state index in [1.54, 1.807) is 30.5 Å². The molecule has 0 saturated carbocycles. The third-order valence-corrected chi connectivity index (χ3v) is 3.59. The first-order valence-corrected chi connectivity index (χ1v) is 7.21. The zero-order valence-corrected chi connectivity index (χ0v) is 12.6. The number of aromatic nitrogens is 1. The molecule has 21 heavy (non-hydrogen) atoms. The van der Waals surface area contributed by atoms with Gasteiger partial charge in [-0.2, -0.15) is 0 Å². The molecule has 1 aliphatic rings. The van der Waals surface area contributed by atoms with Gasteiger partial charge in [0.1, 0.15) is 13.2 Å². The number of hydrogen-bond acceptors (Lipinski definition) is 4. The summed E-state index contributed by atoms with van der Waals surface area (Å²) in [5, 5.41) is 0. The fourth-order valence-corrected chi connectivity index (χ4v) is 2.47. The van der Waals surface area contributed by atoms with E-state index < -0.39 is 0 Å². The lowest BCUT2D eigenvalue weighted by Gasteiger charge is -2.18. The van der Waals surface area contributed by atoms with Crippen LogP contribution in [0.2, 0.25) is 0 Å². The summed E-state index contributed by atoms with van der Waals surface area (Å²) in [4.78, 5) is 24.0. The van der Waals surface area contributed by atoms with Gasteiger partial charge in [0, 0.05) is 22.3 Å². The molecule has 0 radical (unpaired) electrons. The van der Waals surface area contributed by atoms with Gasteiger partial charge in [-0.1, -0.05) is 0 Å². The topological polar surface area (TPSA) is 57.5 Å². The van der Waals surface area contributed by atoms with Gasteiger partial charge in [-0.05, 0) is 40.2 Å². The van der Waals surface area contributed by atoms with E-state index in [4.69, 9.17) is 9.47 Å². The second-order valence-electron chi connectivity index (χ2n) is 4.60. The number of halogens is 1. The second kappa shape index (κ2) is 5.73. The van der Waals surface area contributed by atoms with Crippen molar-refractivity contribution >= 4 is 21.7 Å². The van der Waals surface area contributed by atoms with Gasteiger partial charge in [0.25, 0.3) is 5.56 Å². The first-order valence-electron chi connectivity index (χ1n) is 6.42. The SMILES string of the molecule is O=C(Cn1cc(Br)ccc1=O)c1ccc2c(c1)OCCO2. The monoisotopic (exact) mass is 349 g/mol. The van der Waals surface area contributed by atoms with Gasteiger partial charge < -0.3 is 14.0 Å². The molecule has 0 spiro atoms. The maximum Gasteiger partial charge on any atom is 0.251 e. The van der Waals surface area contributed by atoms with Gasteiger partial charge >= 0.3 is 0 Å². The molecule has 0 bridgehead atoms. The predicted octanol–water partition coefficient (Wildman–Crippen LogP) is 2.26. The molecule has 0 amide bonds. The summed E-state index contributed by atoms with van der Waals surface area (Å²) in [6.07, 6.45) is 1.60. The molecule has 0 N–H and O–H groups in total. The van der Waals surface area contributed by atoms with Crippen molar-refractivity contribution in [2.45, 2.75) is 6.54 Å². The molecule has 3 rings (SSSR count). The maximum atomic E-state index is 12.3. The Morgan fingerprint density at radius 2 is 1.90 bits per heavy atom. The number of pyridine rings is 1. The molecule has 1 aromatic heterocycles. The zero-order valence-electron chi connectivity index (χ0n) is 11.0. The molecule has 2 aromatic rings. The zero-order chi connectivity index (χ0) is 14.8.